The summed E-state index contributed by atoms with van der Waals surface area (Å²) in [5.41, 5.74) is 0.917. The molecule has 0 saturated carbocycles. The second-order valence-corrected chi connectivity index (χ2v) is 4.39. The standard InChI is InChI=1S/C15H10F3N3/c16-15(17,18)11-4-3-5-12(10-11)21-14(7-9-20-21)13-6-1-2-8-19-13/h1-10H. The number of nitrogens with zero attached hydrogens (tertiary/aromatic N) is 3. The molecule has 1 aromatic carbocycles. The average Bonchev–Trinajstić information content (AvgIpc) is 2.97. The molecule has 0 aliphatic carbocycles. The number of hydrogen-bond acceptors (Lipinski definition) is 2. The number of benzene rings is 1. The van der Waals surface area contributed by atoms with E-state index in [0.717, 1.165) is 12.1 Å². The lowest BCUT2D eigenvalue weighted by molar-refractivity contribution is -0.137. The number of halogens is 3. The van der Waals surface area contributed by atoms with Gasteiger partial charge in [0.05, 0.1) is 28.8 Å². The van der Waals surface area contributed by atoms with Gasteiger partial charge in [-0.3, -0.25) is 4.98 Å². The molecule has 3 rings (SSSR count). The van der Waals surface area contributed by atoms with Crippen LogP contribution in [0.25, 0.3) is 17.1 Å². The van der Waals surface area contributed by atoms with Crippen molar-refractivity contribution in [3.63, 3.8) is 0 Å². The van der Waals surface area contributed by atoms with Crippen LogP contribution in [0.4, 0.5) is 13.2 Å². The van der Waals surface area contributed by atoms with Gasteiger partial charge in [-0.2, -0.15) is 18.3 Å². The van der Waals surface area contributed by atoms with Gasteiger partial charge in [0.1, 0.15) is 0 Å². The molecule has 21 heavy (non-hydrogen) atoms. The van der Waals surface area contributed by atoms with Crippen LogP contribution in [-0.2, 0) is 6.18 Å². The Kier molecular flexibility index (Phi) is 3.21. The molecular weight excluding hydrogens is 279 g/mol. The molecule has 0 aliphatic rings. The van der Waals surface area contributed by atoms with Gasteiger partial charge in [0, 0.05) is 6.20 Å². The van der Waals surface area contributed by atoms with Crippen LogP contribution in [0.3, 0.4) is 0 Å². The topological polar surface area (TPSA) is 30.7 Å². The van der Waals surface area contributed by atoms with E-state index < -0.39 is 11.7 Å². The fourth-order valence-corrected chi connectivity index (χ4v) is 2.03. The van der Waals surface area contributed by atoms with Gasteiger partial charge < -0.3 is 0 Å². The van der Waals surface area contributed by atoms with Crippen LogP contribution in [0.5, 0.6) is 0 Å². The molecule has 2 aromatic heterocycles. The molecule has 0 bridgehead atoms. The van der Waals surface area contributed by atoms with Crippen molar-refractivity contribution in [2.45, 2.75) is 6.18 Å². The van der Waals surface area contributed by atoms with Crippen molar-refractivity contribution >= 4 is 0 Å². The van der Waals surface area contributed by atoms with Crippen LogP contribution in [-0.4, -0.2) is 14.8 Å². The largest absolute Gasteiger partial charge is 0.416 e. The molecular formula is C15H10F3N3. The minimum Gasteiger partial charge on any atom is -0.255 e. The van der Waals surface area contributed by atoms with Gasteiger partial charge in [-0.05, 0) is 36.4 Å². The first-order chi connectivity index (χ1) is 10.1. The Bertz CT molecular complexity index is 748. The fourth-order valence-electron chi connectivity index (χ4n) is 2.03. The van der Waals surface area contributed by atoms with Crippen molar-refractivity contribution in [3.05, 3.63) is 66.5 Å². The Labute approximate surface area is 118 Å². The van der Waals surface area contributed by atoms with Crippen LogP contribution >= 0.6 is 0 Å². The zero-order valence-corrected chi connectivity index (χ0v) is 10.7. The smallest absolute Gasteiger partial charge is 0.255 e. The van der Waals surface area contributed by atoms with Crippen molar-refractivity contribution in [2.75, 3.05) is 0 Å². The second-order valence-electron chi connectivity index (χ2n) is 4.39. The van der Waals surface area contributed by atoms with Crippen LogP contribution < -0.4 is 0 Å². The van der Waals surface area contributed by atoms with E-state index in [1.54, 1.807) is 30.5 Å². The molecule has 0 aliphatic heterocycles. The van der Waals surface area contributed by atoms with Crippen molar-refractivity contribution in [1.82, 2.24) is 14.8 Å². The maximum Gasteiger partial charge on any atom is 0.416 e. The second kappa shape index (κ2) is 5.05. The molecule has 0 spiro atoms. The molecule has 0 fully saturated rings. The van der Waals surface area contributed by atoms with Gasteiger partial charge in [-0.1, -0.05) is 12.1 Å². The lowest BCUT2D eigenvalue weighted by atomic mass is 10.2. The van der Waals surface area contributed by atoms with Crippen LogP contribution in [0, 0.1) is 0 Å². The monoisotopic (exact) mass is 289 g/mol. The summed E-state index contributed by atoms with van der Waals surface area (Å²) >= 11 is 0. The number of rotatable bonds is 2. The molecule has 0 amide bonds. The number of aromatic nitrogens is 3. The third-order valence-electron chi connectivity index (χ3n) is 2.99. The molecule has 3 aromatic rings. The van der Waals surface area contributed by atoms with Gasteiger partial charge in [0.15, 0.2) is 0 Å². The Morgan fingerprint density at radius 1 is 0.905 bits per heavy atom. The van der Waals surface area contributed by atoms with Crippen molar-refractivity contribution < 1.29 is 13.2 Å². The quantitative estimate of drug-likeness (QED) is 0.715. The summed E-state index contributed by atoms with van der Waals surface area (Å²) in [6.07, 6.45) is -1.22. The molecule has 0 radical (unpaired) electrons. The summed E-state index contributed by atoms with van der Waals surface area (Å²) in [7, 11) is 0. The fraction of sp³-hybridized carbons (Fsp3) is 0.0667. The molecule has 106 valence electrons. The third-order valence-corrected chi connectivity index (χ3v) is 2.99. The summed E-state index contributed by atoms with van der Waals surface area (Å²) in [5.74, 6) is 0. The molecule has 6 heteroatoms. The maximum absolute atomic E-state index is 12.8. The highest BCUT2D eigenvalue weighted by atomic mass is 19.4. The third kappa shape index (κ3) is 2.65. The number of alkyl halides is 3. The number of pyridine rings is 1. The molecule has 0 unspecified atom stereocenters. The lowest BCUT2D eigenvalue weighted by Gasteiger charge is -2.10. The first-order valence-corrected chi connectivity index (χ1v) is 6.19. The molecule has 0 saturated heterocycles. The van der Waals surface area contributed by atoms with Gasteiger partial charge in [-0.25, -0.2) is 4.68 Å². The summed E-state index contributed by atoms with van der Waals surface area (Å²) < 4.78 is 39.8. The van der Waals surface area contributed by atoms with E-state index in [2.05, 4.69) is 10.1 Å². The van der Waals surface area contributed by atoms with Crippen molar-refractivity contribution in [2.24, 2.45) is 0 Å². The van der Waals surface area contributed by atoms with E-state index in [4.69, 9.17) is 0 Å². The Balaban J connectivity index is 2.09. The summed E-state index contributed by atoms with van der Waals surface area (Å²) in [6.45, 7) is 0. The van der Waals surface area contributed by atoms with Crippen LogP contribution in [0.2, 0.25) is 0 Å². The van der Waals surface area contributed by atoms with E-state index in [0.29, 0.717) is 17.1 Å². The average molecular weight is 289 g/mol. The van der Waals surface area contributed by atoms with Gasteiger partial charge in [0.25, 0.3) is 0 Å². The molecule has 0 N–H and O–H groups in total. The maximum atomic E-state index is 12.8. The summed E-state index contributed by atoms with van der Waals surface area (Å²) in [4.78, 5) is 4.20. The minimum absolute atomic E-state index is 0.343. The van der Waals surface area contributed by atoms with Gasteiger partial charge in [-0.15, -0.1) is 0 Å². The van der Waals surface area contributed by atoms with Gasteiger partial charge in [0.2, 0.25) is 0 Å². The molecule has 0 atom stereocenters. The Morgan fingerprint density at radius 3 is 2.48 bits per heavy atom. The van der Waals surface area contributed by atoms with E-state index in [1.165, 1.54) is 16.9 Å². The lowest BCUT2D eigenvalue weighted by Crippen LogP contribution is -2.07. The predicted octanol–water partition coefficient (Wildman–Crippen LogP) is 3.95. The minimum atomic E-state index is -4.38. The zero-order valence-electron chi connectivity index (χ0n) is 10.7. The highest BCUT2D eigenvalue weighted by Crippen LogP contribution is 2.31. The Morgan fingerprint density at radius 2 is 1.76 bits per heavy atom. The highest BCUT2D eigenvalue weighted by molar-refractivity contribution is 5.57. The van der Waals surface area contributed by atoms with E-state index in [9.17, 15) is 13.2 Å². The Hall–Kier alpha value is -2.63. The van der Waals surface area contributed by atoms with Crippen LogP contribution in [0.15, 0.2) is 60.9 Å². The van der Waals surface area contributed by atoms with E-state index >= 15 is 0 Å². The summed E-state index contributed by atoms with van der Waals surface area (Å²) in [5, 5.41) is 4.10. The normalized spacial score (nSPS) is 11.6. The van der Waals surface area contributed by atoms with Gasteiger partial charge >= 0.3 is 6.18 Å². The van der Waals surface area contributed by atoms with Crippen molar-refractivity contribution in [1.29, 1.82) is 0 Å². The van der Waals surface area contributed by atoms with E-state index in [1.807, 2.05) is 6.07 Å². The SMILES string of the molecule is FC(F)(F)c1cccc(-n2nccc2-c2ccccn2)c1. The number of hydrogen-bond donors (Lipinski definition) is 0. The van der Waals surface area contributed by atoms with Crippen molar-refractivity contribution in [3.8, 4) is 17.1 Å². The first kappa shape index (κ1) is 13.4. The predicted molar refractivity (Wildman–Crippen MR) is 71.8 cm³/mol. The molecule has 3 nitrogen and oxygen atoms in total. The first-order valence-electron chi connectivity index (χ1n) is 6.19. The van der Waals surface area contributed by atoms with Crippen LogP contribution in [0.1, 0.15) is 5.56 Å². The summed E-state index contributed by atoms with van der Waals surface area (Å²) in [6, 6.07) is 12.1. The van der Waals surface area contributed by atoms with E-state index in [-0.39, 0.29) is 0 Å². The zero-order chi connectivity index (χ0) is 14.9. The molecule has 2 heterocycles. The highest BCUT2D eigenvalue weighted by Gasteiger charge is 2.30.